The lowest BCUT2D eigenvalue weighted by molar-refractivity contribution is -0.384. The van der Waals surface area contributed by atoms with E-state index in [9.17, 15) is 14.9 Å². The second kappa shape index (κ2) is 11.7. The van der Waals surface area contributed by atoms with Crippen molar-refractivity contribution in [2.24, 2.45) is 5.10 Å². The minimum Gasteiger partial charge on any atom is -0.493 e. The van der Waals surface area contributed by atoms with Gasteiger partial charge in [-0.05, 0) is 36.2 Å². The third-order valence-electron chi connectivity index (χ3n) is 5.97. The highest BCUT2D eigenvalue weighted by atomic mass is 79.9. The van der Waals surface area contributed by atoms with E-state index in [0.717, 1.165) is 10.9 Å². The normalized spacial score (nSPS) is 12.1. The number of hydrogen-bond donors (Lipinski definition) is 0. The summed E-state index contributed by atoms with van der Waals surface area (Å²) in [6.45, 7) is 4.02. The van der Waals surface area contributed by atoms with Gasteiger partial charge in [0.05, 0.1) is 29.2 Å². The predicted molar refractivity (Wildman–Crippen MR) is 151 cm³/mol. The average molecular weight is 600 g/mol. The number of fused-ring (bicyclic) bond motifs is 1. The zero-order valence-electron chi connectivity index (χ0n) is 20.9. The molecule has 4 rings (SSSR count). The highest BCUT2D eigenvalue weighted by Gasteiger charge is 2.17. The highest BCUT2D eigenvalue weighted by Crippen LogP contribution is 2.35. The molecule has 4 aromatic rings. The van der Waals surface area contributed by atoms with Crippen molar-refractivity contribution in [1.29, 1.82) is 0 Å². The standard InChI is InChI=1S/C27H24BrClN4O5/c1-4-16(2)26-31-23-9-8-19(28)12-22(23)27(34)32(26)30-14-18-11-20(29)13-24(37-3)25(18)38-15-17-6-5-7-21(10-17)33(35)36/h5-14,16H,4,15H2,1-3H3/t16-/m0/s1. The third-order valence-corrected chi connectivity index (χ3v) is 6.68. The monoisotopic (exact) mass is 598 g/mol. The molecule has 1 aromatic heterocycles. The Balaban J connectivity index is 1.79. The summed E-state index contributed by atoms with van der Waals surface area (Å²) in [4.78, 5) is 28.9. The first-order chi connectivity index (χ1) is 18.2. The maximum Gasteiger partial charge on any atom is 0.282 e. The Morgan fingerprint density at radius 3 is 2.74 bits per heavy atom. The SMILES string of the molecule is CC[C@H](C)c1nc2ccc(Br)cc2c(=O)n1N=Cc1cc(Cl)cc(OC)c1OCc1cccc([N+](=O)[O-])c1. The number of nitrogens with zero attached hydrogens (tertiary/aromatic N) is 4. The van der Waals surface area contributed by atoms with Gasteiger partial charge in [-0.25, -0.2) is 4.98 Å². The maximum absolute atomic E-state index is 13.5. The summed E-state index contributed by atoms with van der Waals surface area (Å²) < 4.78 is 13.6. The molecule has 0 aliphatic heterocycles. The Morgan fingerprint density at radius 1 is 1.24 bits per heavy atom. The Morgan fingerprint density at radius 2 is 2.03 bits per heavy atom. The first kappa shape index (κ1) is 27.3. The van der Waals surface area contributed by atoms with Crippen LogP contribution in [-0.2, 0) is 6.61 Å². The predicted octanol–water partition coefficient (Wildman–Crippen LogP) is 6.70. The smallest absolute Gasteiger partial charge is 0.282 e. The number of halogens is 2. The fourth-order valence-electron chi connectivity index (χ4n) is 3.81. The number of rotatable bonds is 9. The quantitative estimate of drug-likeness (QED) is 0.120. The van der Waals surface area contributed by atoms with Gasteiger partial charge in [0.1, 0.15) is 12.4 Å². The topological polar surface area (TPSA) is 109 Å². The number of nitro groups is 1. The van der Waals surface area contributed by atoms with E-state index < -0.39 is 4.92 Å². The van der Waals surface area contributed by atoms with Crippen LogP contribution in [0, 0.1) is 10.1 Å². The van der Waals surface area contributed by atoms with Gasteiger partial charge in [-0.2, -0.15) is 9.78 Å². The van der Waals surface area contributed by atoms with Gasteiger partial charge >= 0.3 is 0 Å². The zero-order chi connectivity index (χ0) is 27.4. The largest absolute Gasteiger partial charge is 0.493 e. The van der Waals surface area contributed by atoms with Crippen LogP contribution in [0.25, 0.3) is 10.9 Å². The molecule has 0 radical (unpaired) electrons. The Bertz CT molecular complexity index is 1600. The van der Waals surface area contributed by atoms with Crippen LogP contribution in [0.1, 0.15) is 43.1 Å². The zero-order valence-corrected chi connectivity index (χ0v) is 23.2. The van der Waals surface area contributed by atoms with Gasteiger partial charge in [0.15, 0.2) is 11.5 Å². The van der Waals surface area contributed by atoms with Gasteiger partial charge in [0.2, 0.25) is 0 Å². The molecule has 0 aliphatic carbocycles. The number of methoxy groups -OCH3 is 1. The minimum absolute atomic E-state index is 0.0319. The van der Waals surface area contributed by atoms with Crippen molar-refractivity contribution in [3.05, 3.63) is 102 Å². The Kier molecular flexibility index (Phi) is 8.43. The van der Waals surface area contributed by atoms with Crippen LogP contribution in [0.5, 0.6) is 11.5 Å². The molecule has 0 saturated carbocycles. The van der Waals surface area contributed by atoms with Crippen LogP contribution in [0.2, 0.25) is 5.02 Å². The van der Waals surface area contributed by atoms with E-state index >= 15 is 0 Å². The fraction of sp³-hybridized carbons (Fsp3) is 0.222. The van der Waals surface area contributed by atoms with Crippen molar-refractivity contribution >= 4 is 50.3 Å². The summed E-state index contributed by atoms with van der Waals surface area (Å²) in [7, 11) is 1.48. The lowest BCUT2D eigenvalue weighted by atomic mass is 10.1. The molecular weight excluding hydrogens is 576 g/mol. The van der Waals surface area contributed by atoms with Gasteiger partial charge in [0, 0.05) is 39.2 Å². The number of non-ortho nitro benzene ring substituents is 1. The molecule has 0 bridgehead atoms. The van der Waals surface area contributed by atoms with E-state index in [1.54, 1.807) is 36.4 Å². The summed E-state index contributed by atoms with van der Waals surface area (Å²) in [6, 6.07) is 14.7. The first-order valence-electron chi connectivity index (χ1n) is 11.7. The molecule has 0 saturated heterocycles. The molecule has 0 N–H and O–H groups in total. The van der Waals surface area contributed by atoms with Crippen molar-refractivity contribution in [2.75, 3.05) is 7.11 Å². The molecule has 0 aliphatic rings. The Hall–Kier alpha value is -3.76. The highest BCUT2D eigenvalue weighted by molar-refractivity contribution is 9.10. The third kappa shape index (κ3) is 5.87. The molecule has 1 heterocycles. The van der Waals surface area contributed by atoms with Gasteiger partial charge < -0.3 is 9.47 Å². The van der Waals surface area contributed by atoms with Crippen LogP contribution < -0.4 is 15.0 Å². The van der Waals surface area contributed by atoms with Crippen molar-refractivity contribution in [3.8, 4) is 11.5 Å². The van der Waals surface area contributed by atoms with Gasteiger partial charge in [-0.15, -0.1) is 0 Å². The van der Waals surface area contributed by atoms with E-state index in [-0.39, 0.29) is 23.8 Å². The van der Waals surface area contributed by atoms with E-state index in [1.165, 1.54) is 30.1 Å². The minimum atomic E-state index is -0.465. The van der Waals surface area contributed by atoms with E-state index in [1.807, 2.05) is 19.9 Å². The van der Waals surface area contributed by atoms with Crippen molar-refractivity contribution in [1.82, 2.24) is 9.66 Å². The molecule has 38 heavy (non-hydrogen) atoms. The lowest BCUT2D eigenvalue weighted by Gasteiger charge is -2.15. The summed E-state index contributed by atoms with van der Waals surface area (Å²) in [6.07, 6.45) is 2.22. The van der Waals surface area contributed by atoms with Crippen LogP contribution in [0.4, 0.5) is 5.69 Å². The molecular formula is C27H24BrClN4O5. The Labute approximate surface area is 232 Å². The second-order valence-corrected chi connectivity index (χ2v) is 9.90. The van der Waals surface area contributed by atoms with Crippen LogP contribution in [0.15, 0.2) is 69.0 Å². The summed E-state index contributed by atoms with van der Waals surface area (Å²) >= 11 is 9.74. The second-order valence-electron chi connectivity index (χ2n) is 8.54. The van der Waals surface area contributed by atoms with E-state index in [4.69, 9.17) is 26.1 Å². The summed E-state index contributed by atoms with van der Waals surface area (Å²) in [5.74, 6) is 1.16. The number of nitro benzene ring substituents is 1. The van der Waals surface area contributed by atoms with Crippen molar-refractivity contribution in [2.45, 2.75) is 32.8 Å². The molecule has 0 unspecified atom stereocenters. The molecule has 0 spiro atoms. The fourth-order valence-corrected chi connectivity index (χ4v) is 4.38. The van der Waals surface area contributed by atoms with E-state index in [2.05, 4.69) is 21.0 Å². The molecule has 9 nitrogen and oxygen atoms in total. The summed E-state index contributed by atoms with van der Waals surface area (Å²) in [5.41, 5.74) is 1.29. The molecule has 11 heteroatoms. The molecule has 196 valence electrons. The molecule has 0 amide bonds. The van der Waals surface area contributed by atoms with Gasteiger partial charge in [0.25, 0.3) is 11.2 Å². The molecule has 0 fully saturated rings. The van der Waals surface area contributed by atoms with E-state index in [0.29, 0.717) is 44.4 Å². The average Bonchev–Trinajstić information content (AvgIpc) is 2.91. The number of aromatic nitrogens is 2. The van der Waals surface area contributed by atoms with Gasteiger partial charge in [-0.1, -0.05) is 53.5 Å². The molecule has 3 aromatic carbocycles. The van der Waals surface area contributed by atoms with Crippen LogP contribution >= 0.6 is 27.5 Å². The van der Waals surface area contributed by atoms with Crippen molar-refractivity contribution < 1.29 is 14.4 Å². The van der Waals surface area contributed by atoms with Crippen LogP contribution in [0.3, 0.4) is 0 Å². The summed E-state index contributed by atoms with van der Waals surface area (Å²) in [5, 5.41) is 16.5. The maximum atomic E-state index is 13.5. The van der Waals surface area contributed by atoms with Gasteiger partial charge in [-0.3, -0.25) is 14.9 Å². The number of ether oxygens (including phenoxy) is 2. The number of benzene rings is 3. The lowest BCUT2D eigenvalue weighted by Crippen LogP contribution is -2.23. The number of hydrogen-bond acceptors (Lipinski definition) is 7. The molecule has 1 atom stereocenters. The van der Waals surface area contributed by atoms with Crippen LogP contribution in [-0.4, -0.2) is 27.9 Å². The van der Waals surface area contributed by atoms with Crippen molar-refractivity contribution in [3.63, 3.8) is 0 Å². The first-order valence-corrected chi connectivity index (χ1v) is 12.9.